The molecule has 1 aliphatic carbocycles. The summed E-state index contributed by atoms with van der Waals surface area (Å²) in [6, 6.07) is 0.223. The van der Waals surface area contributed by atoms with E-state index in [1.165, 1.54) is 0 Å². The van der Waals surface area contributed by atoms with Gasteiger partial charge in [-0.25, -0.2) is 0 Å². The molecule has 1 aromatic rings. The van der Waals surface area contributed by atoms with Gasteiger partial charge >= 0.3 is 23.9 Å². The fourth-order valence-corrected chi connectivity index (χ4v) is 6.34. The lowest BCUT2D eigenvalue weighted by atomic mass is 9.53. The Morgan fingerprint density at radius 2 is 1.75 bits per heavy atom. The standard InChI is InChI=1S/C27H35N3O10/c1-13-4-5-15(12-31)22-21(13)26-8-9-30(3)14(2)27(26,40-20(33)11-17(29)25(36)37)7-6-18(23(26)39-22)38-19(32)10-16(28)24(34)35/h4-6,14,16-17,23,31H,7-12,28-29H2,1-3H3,(H,34,35)(H,36,37)/t14-,16+,17+,23+,26+,27-/m1/s1. The number of ether oxygens (including phenoxy) is 3. The number of carboxylic acid groups (broad SMARTS) is 2. The average Bonchev–Trinajstić information content (AvgIpc) is 3.25. The smallest absolute Gasteiger partial charge is 0.321 e. The molecule has 0 aromatic heterocycles. The Kier molecular flexibility index (Phi) is 7.96. The summed E-state index contributed by atoms with van der Waals surface area (Å²) < 4.78 is 18.4. The van der Waals surface area contributed by atoms with Crippen LogP contribution in [0.1, 0.15) is 49.3 Å². The lowest BCUT2D eigenvalue weighted by molar-refractivity contribution is -0.201. The van der Waals surface area contributed by atoms with Crippen molar-refractivity contribution >= 4 is 23.9 Å². The molecule has 2 aliphatic heterocycles. The van der Waals surface area contributed by atoms with Gasteiger partial charge in [0.25, 0.3) is 0 Å². The van der Waals surface area contributed by atoms with Crippen LogP contribution in [-0.2, 0) is 40.7 Å². The minimum absolute atomic E-state index is 0.0717. The Bertz CT molecular complexity index is 1270. The largest absolute Gasteiger partial charge is 0.481 e. The summed E-state index contributed by atoms with van der Waals surface area (Å²) >= 11 is 0. The van der Waals surface area contributed by atoms with Crippen molar-refractivity contribution < 1.29 is 48.7 Å². The van der Waals surface area contributed by atoms with Gasteiger partial charge in [-0.05, 0) is 45.5 Å². The zero-order chi connectivity index (χ0) is 29.6. The minimum atomic E-state index is -1.46. The van der Waals surface area contributed by atoms with Gasteiger partial charge in [-0.1, -0.05) is 12.1 Å². The lowest BCUT2D eigenvalue weighted by Crippen LogP contribution is -2.73. The predicted molar refractivity (Wildman–Crippen MR) is 138 cm³/mol. The molecule has 0 amide bonds. The number of carbonyl (C=O) groups excluding carboxylic acids is 2. The van der Waals surface area contributed by atoms with Gasteiger partial charge in [0.1, 0.15) is 29.2 Å². The topological polar surface area (TPSA) is 212 Å². The van der Waals surface area contributed by atoms with E-state index < -0.39 is 72.0 Å². The molecular weight excluding hydrogens is 526 g/mol. The maximum atomic E-state index is 13.2. The number of nitrogens with zero attached hydrogens (tertiary/aromatic N) is 1. The SMILES string of the molecule is Cc1ccc(CO)c2c1[C@]13CCN(C)[C@H](C)[C@]1(OC(=O)C[C@H](N)C(=O)O)CC=C(OC(=O)C[C@H](N)C(=O)O)[C@@H]3O2. The van der Waals surface area contributed by atoms with Gasteiger partial charge in [-0.15, -0.1) is 0 Å². The van der Waals surface area contributed by atoms with E-state index in [-0.39, 0.29) is 18.8 Å². The number of aliphatic hydroxyl groups excluding tert-OH is 1. The van der Waals surface area contributed by atoms with Crippen LogP contribution in [0.3, 0.4) is 0 Å². The van der Waals surface area contributed by atoms with Crippen molar-refractivity contribution in [2.24, 2.45) is 11.5 Å². The molecule has 4 rings (SSSR count). The molecule has 0 unspecified atom stereocenters. The third kappa shape index (κ3) is 4.62. The Balaban J connectivity index is 1.87. The number of benzene rings is 1. The van der Waals surface area contributed by atoms with Crippen molar-refractivity contribution in [3.8, 4) is 5.75 Å². The van der Waals surface area contributed by atoms with Gasteiger partial charge in [0.15, 0.2) is 6.10 Å². The van der Waals surface area contributed by atoms with Crippen LogP contribution in [0.5, 0.6) is 5.75 Å². The number of aliphatic carboxylic acids is 2. The fraction of sp³-hybridized carbons (Fsp3) is 0.556. The first-order valence-electron chi connectivity index (χ1n) is 13.0. The summed E-state index contributed by atoms with van der Waals surface area (Å²) in [5, 5.41) is 28.5. The number of nitrogens with two attached hydrogens (primary N) is 2. The lowest BCUT2D eigenvalue weighted by Gasteiger charge is -2.59. The highest BCUT2D eigenvalue weighted by molar-refractivity contribution is 5.82. The molecular formula is C27H35N3O10. The molecule has 13 nitrogen and oxygen atoms in total. The molecule has 1 saturated heterocycles. The van der Waals surface area contributed by atoms with E-state index in [0.717, 1.165) is 5.56 Å². The van der Waals surface area contributed by atoms with Crippen LogP contribution in [0.15, 0.2) is 24.0 Å². The van der Waals surface area contributed by atoms with Crippen molar-refractivity contribution in [2.75, 3.05) is 13.6 Å². The number of fused-ring (bicyclic) bond motifs is 1. The summed E-state index contributed by atoms with van der Waals surface area (Å²) in [4.78, 5) is 50.5. The number of hydrogen-bond acceptors (Lipinski definition) is 11. The van der Waals surface area contributed by atoms with Crippen LogP contribution in [-0.4, -0.2) is 87.5 Å². The Morgan fingerprint density at radius 1 is 1.12 bits per heavy atom. The van der Waals surface area contributed by atoms with Crippen LogP contribution in [0.2, 0.25) is 0 Å². The van der Waals surface area contributed by atoms with Gasteiger partial charge in [0.2, 0.25) is 0 Å². The van der Waals surface area contributed by atoms with E-state index in [9.17, 15) is 29.4 Å². The highest BCUT2D eigenvalue weighted by atomic mass is 16.6. The van der Waals surface area contributed by atoms with E-state index in [4.69, 9.17) is 30.8 Å². The zero-order valence-electron chi connectivity index (χ0n) is 22.6. The van der Waals surface area contributed by atoms with Crippen LogP contribution in [0.25, 0.3) is 0 Å². The molecule has 3 aliphatic rings. The van der Waals surface area contributed by atoms with Crippen molar-refractivity contribution in [3.05, 3.63) is 40.7 Å². The second-order valence-electron chi connectivity index (χ2n) is 10.7. The number of piperidine rings is 1. The van der Waals surface area contributed by atoms with Gasteiger partial charge in [0.05, 0.1) is 24.9 Å². The Labute approximate surface area is 230 Å². The number of rotatable bonds is 9. The summed E-state index contributed by atoms with van der Waals surface area (Å²) in [5.74, 6) is -3.86. The molecule has 2 heterocycles. The molecule has 40 heavy (non-hydrogen) atoms. The molecule has 0 radical (unpaired) electrons. The number of carbonyl (C=O) groups is 4. The quantitative estimate of drug-likeness (QED) is 0.250. The highest BCUT2D eigenvalue weighted by Gasteiger charge is 2.71. The van der Waals surface area contributed by atoms with Crippen molar-refractivity contribution in [1.82, 2.24) is 4.90 Å². The first-order chi connectivity index (χ1) is 18.8. The van der Waals surface area contributed by atoms with Crippen molar-refractivity contribution in [2.45, 2.75) is 81.4 Å². The summed E-state index contributed by atoms with van der Waals surface area (Å²) in [7, 11) is 1.88. The van der Waals surface area contributed by atoms with Crippen LogP contribution in [0, 0.1) is 6.92 Å². The van der Waals surface area contributed by atoms with Crippen LogP contribution in [0.4, 0.5) is 0 Å². The number of hydrogen-bond donors (Lipinski definition) is 5. The van der Waals surface area contributed by atoms with Gasteiger partial charge in [-0.3, -0.25) is 24.1 Å². The molecule has 0 bridgehead atoms. The van der Waals surface area contributed by atoms with Crippen LogP contribution < -0.4 is 16.2 Å². The molecule has 1 aromatic carbocycles. The third-order valence-corrected chi connectivity index (χ3v) is 8.50. The monoisotopic (exact) mass is 561 g/mol. The maximum absolute atomic E-state index is 13.2. The normalized spacial score (nSPS) is 28.6. The molecule has 1 fully saturated rings. The highest BCUT2D eigenvalue weighted by Crippen LogP contribution is 2.63. The van der Waals surface area contributed by atoms with E-state index in [0.29, 0.717) is 29.8 Å². The number of carboxylic acids is 2. The third-order valence-electron chi connectivity index (χ3n) is 8.50. The number of aryl methyl sites for hydroxylation is 1. The summed E-state index contributed by atoms with van der Waals surface area (Å²) in [6.45, 7) is 3.96. The average molecular weight is 562 g/mol. The summed E-state index contributed by atoms with van der Waals surface area (Å²) in [5.41, 5.74) is 10.8. The first kappa shape index (κ1) is 29.5. The van der Waals surface area contributed by atoms with E-state index in [1.54, 1.807) is 12.1 Å². The minimum Gasteiger partial charge on any atom is -0.481 e. The Hall–Kier alpha value is -3.52. The van der Waals surface area contributed by atoms with E-state index in [1.807, 2.05) is 31.9 Å². The van der Waals surface area contributed by atoms with E-state index >= 15 is 0 Å². The Morgan fingerprint density at radius 3 is 2.35 bits per heavy atom. The maximum Gasteiger partial charge on any atom is 0.321 e. The van der Waals surface area contributed by atoms with Crippen molar-refractivity contribution in [3.63, 3.8) is 0 Å². The molecule has 218 valence electrons. The number of likely N-dealkylation sites (N-methyl/N-ethyl adjacent to an activating group) is 1. The predicted octanol–water partition coefficient (Wildman–Crippen LogP) is -0.0731. The second-order valence-corrected chi connectivity index (χ2v) is 10.7. The molecule has 13 heteroatoms. The van der Waals surface area contributed by atoms with Crippen molar-refractivity contribution in [1.29, 1.82) is 0 Å². The molecule has 1 spiro atoms. The van der Waals surface area contributed by atoms with E-state index in [2.05, 4.69) is 0 Å². The zero-order valence-corrected chi connectivity index (χ0v) is 22.6. The number of likely N-dealkylation sites (tertiary alicyclic amines) is 1. The number of esters is 2. The van der Waals surface area contributed by atoms with Crippen LogP contribution >= 0.6 is 0 Å². The second kappa shape index (κ2) is 10.8. The summed E-state index contributed by atoms with van der Waals surface area (Å²) in [6.07, 6.45) is -0.0778. The van der Waals surface area contributed by atoms with Gasteiger partial charge < -0.3 is 41.0 Å². The fourth-order valence-electron chi connectivity index (χ4n) is 6.34. The molecule has 7 N–H and O–H groups in total. The molecule has 6 atom stereocenters. The number of aliphatic hydroxyl groups is 1. The molecule has 0 saturated carbocycles. The van der Waals surface area contributed by atoms with Gasteiger partial charge in [0, 0.05) is 23.6 Å². The first-order valence-corrected chi connectivity index (χ1v) is 13.0. The van der Waals surface area contributed by atoms with Gasteiger partial charge in [-0.2, -0.15) is 0 Å².